The molecule has 28 heavy (non-hydrogen) atoms. The second-order valence-electron chi connectivity index (χ2n) is 7.48. The summed E-state index contributed by atoms with van der Waals surface area (Å²) in [6.07, 6.45) is 3.87. The number of benzene rings is 2. The molecule has 4 nitrogen and oxygen atoms in total. The number of carbonyl (C=O) groups excluding carboxylic acids is 2. The monoisotopic (exact) mass is 384 g/mol. The summed E-state index contributed by atoms with van der Waals surface area (Å²) in [5.41, 5.74) is 2.28. The van der Waals surface area contributed by atoms with E-state index in [1.165, 1.54) is 6.07 Å². The second kappa shape index (κ2) is 7.70. The molecule has 1 fully saturated rings. The lowest BCUT2D eigenvalue weighted by Gasteiger charge is -2.32. The molecule has 0 spiro atoms. The number of nitrogens with zero attached hydrogens (tertiary/aromatic N) is 1. The minimum absolute atomic E-state index is 0.0184. The zero-order chi connectivity index (χ0) is 19.7. The molecular weight excluding hydrogens is 362 g/mol. The highest BCUT2D eigenvalue weighted by Crippen LogP contribution is 2.36. The van der Waals surface area contributed by atoms with E-state index in [1.807, 2.05) is 24.3 Å². The molecule has 1 N–H and O–H groups in total. The van der Waals surface area contributed by atoms with Crippen LogP contribution in [0.25, 0.3) is 0 Å². The molecule has 1 aliphatic heterocycles. The maximum absolute atomic E-state index is 13.4. The van der Waals surface area contributed by atoms with Crippen LogP contribution in [0.4, 0.5) is 20.2 Å². The highest BCUT2D eigenvalue weighted by molar-refractivity contribution is 6.02. The van der Waals surface area contributed by atoms with E-state index < -0.39 is 23.5 Å². The van der Waals surface area contributed by atoms with E-state index in [-0.39, 0.29) is 17.5 Å². The number of hydrogen-bond acceptors (Lipinski definition) is 2. The fourth-order valence-electron chi connectivity index (χ4n) is 4.32. The van der Waals surface area contributed by atoms with E-state index in [0.717, 1.165) is 42.6 Å². The van der Waals surface area contributed by atoms with Crippen LogP contribution in [0.2, 0.25) is 0 Å². The number of anilines is 2. The van der Waals surface area contributed by atoms with E-state index in [9.17, 15) is 18.4 Å². The first-order valence-electron chi connectivity index (χ1n) is 9.70. The van der Waals surface area contributed by atoms with Gasteiger partial charge in [0, 0.05) is 29.9 Å². The number of fused-ring (bicyclic) bond motifs is 1. The minimum atomic E-state index is -1.01. The Morgan fingerprint density at radius 3 is 2.50 bits per heavy atom. The van der Waals surface area contributed by atoms with Crippen LogP contribution in [0, 0.1) is 23.5 Å². The molecule has 0 saturated heterocycles. The largest absolute Gasteiger partial charge is 0.326 e. The van der Waals surface area contributed by atoms with Gasteiger partial charge in [-0.3, -0.25) is 9.59 Å². The molecule has 0 aromatic heterocycles. The molecule has 1 aliphatic carbocycles. The summed E-state index contributed by atoms with van der Waals surface area (Å²) in [6.45, 7) is 0.631. The topological polar surface area (TPSA) is 49.4 Å². The summed E-state index contributed by atoms with van der Waals surface area (Å²) in [7, 11) is 0. The van der Waals surface area contributed by atoms with Crippen LogP contribution in [0.1, 0.15) is 31.2 Å². The van der Waals surface area contributed by atoms with Crippen LogP contribution in [0.3, 0.4) is 0 Å². The van der Waals surface area contributed by atoms with Gasteiger partial charge in [0.25, 0.3) is 0 Å². The van der Waals surface area contributed by atoms with Crippen LogP contribution < -0.4 is 10.2 Å². The molecule has 0 radical (unpaired) electrons. The molecule has 2 atom stereocenters. The van der Waals surface area contributed by atoms with Crippen LogP contribution in [0.5, 0.6) is 0 Å². The molecule has 1 saturated carbocycles. The predicted molar refractivity (Wildman–Crippen MR) is 103 cm³/mol. The number of nitrogens with one attached hydrogen (secondary N) is 1. The zero-order valence-electron chi connectivity index (χ0n) is 15.5. The van der Waals surface area contributed by atoms with Crippen molar-refractivity contribution in [2.75, 3.05) is 16.8 Å². The molecule has 2 aromatic carbocycles. The summed E-state index contributed by atoms with van der Waals surface area (Å²) >= 11 is 0. The van der Waals surface area contributed by atoms with Crippen LogP contribution in [-0.2, 0) is 16.0 Å². The summed E-state index contributed by atoms with van der Waals surface area (Å²) in [5.74, 6) is -3.17. The van der Waals surface area contributed by atoms with Gasteiger partial charge in [-0.15, -0.1) is 0 Å². The third kappa shape index (κ3) is 3.51. The van der Waals surface area contributed by atoms with Gasteiger partial charge in [-0.1, -0.05) is 31.0 Å². The molecule has 2 aromatic rings. The van der Waals surface area contributed by atoms with Gasteiger partial charge in [0.15, 0.2) is 11.6 Å². The van der Waals surface area contributed by atoms with Gasteiger partial charge in [0.05, 0.1) is 5.92 Å². The van der Waals surface area contributed by atoms with Gasteiger partial charge >= 0.3 is 0 Å². The standard InChI is InChI=1S/C22H22F2N2O2/c23-18-10-9-15(13-19(18)24)25-21(27)16-6-2-3-7-17(16)22(28)26-12-11-14-5-1-4-8-20(14)26/h1,4-5,8-10,13,16-17H,2-3,6-7,11-12H2,(H,25,27). The number of amides is 2. The molecule has 0 bridgehead atoms. The first kappa shape index (κ1) is 18.6. The Morgan fingerprint density at radius 1 is 0.964 bits per heavy atom. The van der Waals surface area contributed by atoms with Crippen molar-refractivity contribution in [1.82, 2.24) is 0 Å². The van der Waals surface area contributed by atoms with Crippen molar-refractivity contribution in [3.63, 3.8) is 0 Å². The first-order chi connectivity index (χ1) is 13.5. The third-order valence-corrected chi connectivity index (χ3v) is 5.76. The molecule has 146 valence electrons. The Hall–Kier alpha value is -2.76. The van der Waals surface area contributed by atoms with Crippen LogP contribution in [0.15, 0.2) is 42.5 Å². The smallest absolute Gasteiger partial charge is 0.230 e. The summed E-state index contributed by atoms with van der Waals surface area (Å²) < 4.78 is 26.5. The normalized spacial score (nSPS) is 21.3. The second-order valence-corrected chi connectivity index (χ2v) is 7.48. The lowest BCUT2D eigenvalue weighted by molar-refractivity contribution is -0.132. The van der Waals surface area contributed by atoms with Gasteiger partial charge in [0.2, 0.25) is 11.8 Å². The average Bonchev–Trinajstić information content (AvgIpc) is 3.14. The first-order valence-corrected chi connectivity index (χ1v) is 9.70. The minimum Gasteiger partial charge on any atom is -0.326 e. The average molecular weight is 384 g/mol. The Bertz CT molecular complexity index is 915. The van der Waals surface area contributed by atoms with Crippen LogP contribution in [-0.4, -0.2) is 18.4 Å². The number of para-hydroxylation sites is 1. The quantitative estimate of drug-likeness (QED) is 0.858. The number of rotatable bonds is 3. The van der Waals surface area contributed by atoms with Crippen molar-refractivity contribution in [3.05, 3.63) is 59.7 Å². The highest BCUT2D eigenvalue weighted by atomic mass is 19.2. The SMILES string of the molecule is O=C(Nc1ccc(F)c(F)c1)C1CCCCC1C(=O)N1CCc2ccccc21. The van der Waals surface area contributed by atoms with Gasteiger partial charge in [-0.25, -0.2) is 8.78 Å². The van der Waals surface area contributed by atoms with Crippen molar-refractivity contribution in [2.24, 2.45) is 11.8 Å². The van der Waals surface area contributed by atoms with Gasteiger partial charge in [-0.2, -0.15) is 0 Å². The molecular formula is C22H22F2N2O2. The number of halogens is 2. The predicted octanol–water partition coefficient (Wildman–Crippen LogP) is 4.30. The summed E-state index contributed by atoms with van der Waals surface area (Å²) in [5, 5.41) is 2.66. The van der Waals surface area contributed by atoms with E-state index in [2.05, 4.69) is 5.32 Å². The van der Waals surface area contributed by atoms with Crippen molar-refractivity contribution >= 4 is 23.2 Å². The maximum atomic E-state index is 13.4. The summed E-state index contributed by atoms with van der Waals surface area (Å²) in [4.78, 5) is 27.9. The Labute approximate surface area is 162 Å². The van der Waals surface area contributed by atoms with E-state index >= 15 is 0 Å². The van der Waals surface area contributed by atoms with Crippen LogP contribution >= 0.6 is 0 Å². The lowest BCUT2D eigenvalue weighted by Crippen LogP contribution is -2.43. The third-order valence-electron chi connectivity index (χ3n) is 5.76. The Morgan fingerprint density at radius 2 is 1.71 bits per heavy atom. The molecule has 6 heteroatoms. The van der Waals surface area contributed by atoms with Crippen molar-refractivity contribution in [1.29, 1.82) is 0 Å². The lowest BCUT2D eigenvalue weighted by atomic mass is 9.77. The fraction of sp³-hybridized carbons (Fsp3) is 0.364. The van der Waals surface area contributed by atoms with Gasteiger partial charge in [0.1, 0.15) is 0 Å². The van der Waals surface area contributed by atoms with E-state index in [0.29, 0.717) is 19.4 Å². The van der Waals surface area contributed by atoms with Gasteiger partial charge in [-0.05, 0) is 43.0 Å². The Balaban J connectivity index is 1.52. The van der Waals surface area contributed by atoms with Crippen molar-refractivity contribution < 1.29 is 18.4 Å². The molecule has 2 aliphatic rings. The molecule has 1 heterocycles. The molecule has 4 rings (SSSR count). The summed E-state index contributed by atoms with van der Waals surface area (Å²) in [6, 6.07) is 11.1. The van der Waals surface area contributed by atoms with Gasteiger partial charge < -0.3 is 10.2 Å². The number of hydrogen-bond donors (Lipinski definition) is 1. The molecule has 2 amide bonds. The van der Waals surface area contributed by atoms with Crippen molar-refractivity contribution in [2.45, 2.75) is 32.1 Å². The zero-order valence-corrected chi connectivity index (χ0v) is 15.5. The maximum Gasteiger partial charge on any atom is 0.230 e. The van der Waals surface area contributed by atoms with Crippen molar-refractivity contribution in [3.8, 4) is 0 Å². The molecule has 2 unspecified atom stereocenters. The number of carbonyl (C=O) groups is 2. The fourth-order valence-corrected chi connectivity index (χ4v) is 4.32. The van der Waals surface area contributed by atoms with E-state index in [4.69, 9.17) is 0 Å². The highest BCUT2D eigenvalue weighted by Gasteiger charge is 2.39. The Kier molecular flexibility index (Phi) is 5.11. The van der Waals surface area contributed by atoms with E-state index in [1.54, 1.807) is 4.90 Å².